The SMILES string of the molecule is CCOC(=O)CCC1=C(c2ccccc2)N(Cc2ccc(OCc3nc(-c4ccccc4)oc3C)nc2)NC1. The number of hydrogen-bond donors (Lipinski definition) is 1. The molecule has 1 aliphatic heterocycles. The monoisotopic (exact) mass is 524 g/mol. The van der Waals surface area contributed by atoms with Crippen LogP contribution in [0.4, 0.5) is 0 Å². The molecular formula is C31H32N4O4. The van der Waals surface area contributed by atoms with Crippen LogP contribution in [0.2, 0.25) is 0 Å². The highest BCUT2D eigenvalue weighted by molar-refractivity contribution is 5.73. The number of carbonyl (C=O) groups is 1. The van der Waals surface area contributed by atoms with E-state index in [1.54, 1.807) is 0 Å². The van der Waals surface area contributed by atoms with Gasteiger partial charge in [0.25, 0.3) is 0 Å². The normalized spacial score (nSPS) is 13.1. The smallest absolute Gasteiger partial charge is 0.306 e. The Morgan fingerprint density at radius 3 is 2.46 bits per heavy atom. The Balaban J connectivity index is 1.24. The van der Waals surface area contributed by atoms with E-state index < -0.39 is 0 Å². The standard InChI is InChI=1S/C31H32N4O4/c1-3-37-29(36)17-15-26-19-33-35(30(26)24-10-6-4-7-11-24)20-23-14-16-28(32-18-23)38-21-27-22(2)39-31(34-27)25-12-8-5-9-13-25/h4-14,16,18,33H,3,15,17,19-21H2,1-2H3. The molecule has 3 heterocycles. The molecule has 0 radical (unpaired) electrons. The third-order valence-corrected chi connectivity index (χ3v) is 6.48. The minimum absolute atomic E-state index is 0.173. The van der Waals surface area contributed by atoms with Crippen molar-refractivity contribution in [2.75, 3.05) is 13.2 Å². The summed E-state index contributed by atoms with van der Waals surface area (Å²) in [4.78, 5) is 21.1. The first-order chi connectivity index (χ1) is 19.1. The number of carbonyl (C=O) groups excluding carboxylic acids is 1. The Kier molecular flexibility index (Phi) is 8.33. The molecule has 8 heteroatoms. The number of hydrogen-bond acceptors (Lipinski definition) is 8. The van der Waals surface area contributed by atoms with Crippen LogP contribution < -0.4 is 10.2 Å². The molecule has 2 aromatic carbocycles. The van der Waals surface area contributed by atoms with E-state index in [0.717, 1.165) is 33.8 Å². The van der Waals surface area contributed by atoms with Gasteiger partial charge in [-0.3, -0.25) is 4.79 Å². The Morgan fingerprint density at radius 2 is 1.77 bits per heavy atom. The van der Waals surface area contributed by atoms with Gasteiger partial charge in [-0.05, 0) is 49.1 Å². The number of rotatable bonds is 11. The molecule has 39 heavy (non-hydrogen) atoms. The van der Waals surface area contributed by atoms with Crippen molar-refractivity contribution in [3.8, 4) is 17.3 Å². The van der Waals surface area contributed by atoms with Crippen molar-refractivity contribution in [3.63, 3.8) is 0 Å². The lowest BCUT2D eigenvalue weighted by molar-refractivity contribution is -0.143. The predicted molar refractivity (Wildman–Crippen MR) is 148 cm³/mol. The molecule has 0 atom stereocenters. The van der Waals surface area contributed by atoms with E-state index in [0.29, 0.717) is 44.3 Å². The number of benzene rings is 2. The summed E-state index contributed by atoms with van der Waals surface area (Å²) < 4.78 is 16.9. The second-order valence-corrected chi connectivity index (χ2v) is 9.23. The summed E-state index contributed by atoms with van der Waals surface area (Å²) in [5.41, 5.74) is 9.55. The van der Waals surface area contributed by atoms with Crippen LogP contribution in [0.15, 0.2) is 89.0 Å². The van der Waals surface area contributed by atoms with Crippen molar-refractivity contribution >= 4 is 11.7 Å². The van der Waals surface area contributed by atoms with Crippen LogP contribution in [0.1, 0.15) is 42.3 Å². The van der Waals surface area contributed by atoms with E-state index in [9.17, 15) is 4.79 Å². The zero-order chi connectivity index (χ0) is 27.0. The Hall–Kier alpha value is -4.43. The number of pyridine rings is 1. The number of ether oxygens (including phenoxy) is 2. The number of aromatic nitrogens is 2. The Bertz CT molecular complexity index is 1420. The molecule has 1 aliphatic rings. The molecule has 0 amide bonds. The third kappa shape index (κ3) is 6.53. The molecule has 0 saturated carbocycles. The largest absolute Gasteiger partial charge is 0.471 e. The van der Waals surface area contributed by atoms with Crippen molar-refractivity contribution in [3.05, 3.63) is 107 Å². The summed E-state index contributed by atoms with van der Waals surface area (Å²) in [6.07, 6.45) is 2.83. The van der Waals surface area contributed by atoms with Crippen LogP contribution in [-0.4, -0.2) is 34.1 Å². The maximum atomic E-state index is 12.0. The van der Waals surface area contributed by atoms with Crippen LogP contribution in [0, 0.1) is 6.92 Å². The van der Waals surface area contributed by atoms with Crippen molar-refractivity contribution < 1.29 is 18.7 Å². The molecule has 5 rings (SSSR count). The maximum Gasteiger partial charge on any atom is 0.306 e. The first kappa shape index (κ1) is 26.2. The molecule has 200 valence electrons. The van der Waals surface area contributed by atoms with Gasteiger partial charge in [-0.25, -0.2) is 15.4 Å². The van der Waals surface area contributed by atoms with Gasteiger partial charge in [0, 0.05) is 30.8 Å². The summed E-state index contributed by atoms with van der Waals surface area (Å²) in [7, 11) is 0. The number of esters is 1. The molecule has 1 N–H and O–H groups in total. The van der Waals surface area contributed by atoms with E-state index in [2.05, 4.69) is 32.5 Å². The van der Waals surface area contributed by atoms with Crippen LogP contribution in [0.3, 0.4) is 0 Å². The zero-order valence-corrected chi connectivity index (χ0v) is 22.2. The van der Waals surface area contributed by atoms with Gasteiger partial charge in [0.1, 0.15) is 18.1 Å². The van der Waals surface area contributed by atoms with E-state index in [4.69, 9.17) is 13.9 Å². The van der Waals surface area contributed by atoms with E-state index in [1.165, 1.54) is 5.57 Å². The van der Waals surface area contributed by atoms with Crippen molar-refractivity contribution in [2.45, 2.75) is 39.8 Å². The molecular weight excluding hydrogens is 492 g/mol. The first-order valence-corrected chi connectivity index (χ1v) is 13.1. The fourth-order valence-electron chi connectivity index (χ4n) is 4.51. The van der Waals surface area contributed by atoms with E-state index in [-0.39, 0.29) is 12.6 Å². The summed E-state index contributed by atoms with van der Waals surface area (Å²) in [6, 6.07) is 23.9. The highest BCUT2D eigenvalue weighted by Crippen LogP contribution is 2.30. The summed E-state index contributed by atoms with van der Waals surface area (Å²) in [5, 5.41) is 2.12. The molecule has 2 aromatic heterocycles. The van der Waals surface area contributed by atoms with E-state index >= 15 is 0 Å². The zero-order valence-electron chi connectivity index (χ0n) is 22.2. The molecule has 0 fully saturated rings. The minimum atomic E-state index is -0.173. The van der Waals surface area contributed by atoms with Gasteiger partial charge in [0.05, 0.1) is 18.8 Å². The number of hydrazine groups is 1. The minimum Gasteiger partial charge on any atom is -0.471 e. The van der Waals surface area contributed by atoms with Gasteiger partial charge in [-0.2, -0.15) is 0 Å². The van der Waals surface area contributed by atoms with E-state index in [1.807, 2.05) is 80.7 Å². The van der Waals surface area contributed by atoms with Crippen LogP contribution in [0.25, 0.3) is 17.2 Å². The lowest BCUT2D eigenvalue weighted by Crippen LogP contribution is -2.30. The predicted octanol–water partition coefficient (Wildman–Crippen LogP) is 5.70. The number of aryl methyl sites for hydroxylation is 1. The molecule has 4 aromatic rings. The van der Waals surface area contributed by atoms with Gasteiger partial charge < -0.3 is 18.9 Å². The van der Waals surface area contributed by atoms with Gasteiger partial charge >= 0.3 is 5.97 Å². The molecule has 0 spiro atoms. The first-order valence-electron chi connectivity index (χ1n) is 13.1. The number of nitrogens with zero attached hydrogens (tertiary/aromatic N) is 3. The molecule has 8 nitrogen and oxygen atoms in total. The molecule has 0 bridgehead atoms. The van der Waals surface area contributed by atoms with Gasteiger partial charge in [-0.15, -0.1) is 0 Å². The van der Waals surface area contributed by atoms with Crippen LogP contribution in [0.5, 0.6) is 5.88 Å². The second-order valence-electron chi connectivity index (χ2n) is 9.23. The highest BCUT2D eigenvalue weighted by atomic mass is 16.5. The lowest BCUT2D eigenvalue weighted by Gasteiger charge is -2.23. The summed E-state index contributed by atoms with van der Waals surface area (Å²) in [6.45, 7) is 5.67. The Labute approximate surface area is 228 Å². The lowest BCUT2D eigenvalue weighted by atomic mass is 10.0. The molecule has 0 saturated heterocycles. The van der Waals surface area contributed by atoms with Crippen molar-refractivity contribution in [1.29, 1.82) is 0 Å². The van der Waals surface area contributed by atoms with Gasteiger partial charge in [-0.1, -0.05) is 54.6 Å². The topological polar surface area (TPSA) is 89.7 Å². The van der Waals surface area contributed by atoms with Crippen LogP contribution in [-0.2, 0) is 22.7 Å². The quantitative estimate of drug-likeness (QED) is 0.250. The van der Waals surface area contributed by atoms with Crippen LogP contribution >= 0.6 is 0 Å². The second kappa shape index (κ2) is 12.4. The van der Waals surface area contributed by atoms with Gasteiger partial charge in [0.15, 0.2) is 0 Å². The third-order valence-electron chi connectivity index (χ3n) is 6.48. The number of oxazole rings is 1. The fraction of sp³-hybridized carbons (Fsp3) is 0.258. The fourth-order valence-corrected chi connectivity index (χ4v) is 4.51. The maximum absolute atomic E-state index is 12.0. The average molecular weight is 525 g/mol. The molecule has 0 aliphatic carbocycles. The highest BCUT2D eigenvalue weighted by Gasteiger charge is 2.24. The summed E-state index contributed by atoms with van der Waals surface area (Å²) >= 11 is 0. The van der Waals surface area contributed by atoms with Crippen molar-refractivity contribution in [2.24, 2.45) is 0 Å². The summed E-state index contributed by atoms with van der Waals surface area (Å²) in [5.74, 6) is 1.65. The Morgan fingerprint density at radius 1 is 1.03 bits per heavy atom. The van der Waals surface area contributed by atoms with Gasteiger partial charge in [0.2, 0.25) is 11.8 Å². The van der Waals surface area contributed by atoms with Crippen molar-refractivity contribution in [1.82, 2.24) is 20.4 Å². The number of nitrogens with one attached hydrogen (secondary N) is 1. The average Bonchev–Trinajstić information content (AvgIpc) is 3.55. The molecule has 0 unspecified atom stereocenters.